The van der Waals surface area contributed by atoms with E-state index >= 15 is 0 Å². The van der Waals surface area contributed by atoms with Gasteiger partial charge in [0.15, 0.2) is 0 Å². The van der Waals surface area contributed by atoms with Crippen LogP contribution in [0.5, 0.6) is 0 Å². The predicted octanol–water partition coefficient (Wildman–Crippen LogP) is 0.693. The van der Waals surface area contributed by atoms with Gasteiger partial charge >= 0.3 is 0 Å². The molecule has 0 spiro atoms. The summed E-state index contributed by atoms with van der Waals surface area (Å²) < 4.78 is 4.74. The molecule has 0 saturated heterocycles. The lowest BCUT2D eigenvalue weighted by Crippen LogP contribution is -2.10. The van der Waals surface area contributed by atoms with Gasteiger partial charge in [-0.2, -0.15) is 0 Å². The van der Waals surface area contributed by atoms with Crippen molar-refractivity contribution in [3.63, 3.8) is 0 Å². The fourth-order valence-electron chi connectivity index (χ4n) is 0.297. The van der Waals surface area contributed by atoms with Crippen molar-refractivity contribution in [3.05, 3.63) is 25.5 Å². The van der Waals surface area contributed by atoms with E-state index in [1.807, 2.05) is 0 Å². The van der Waals surface area contributed by atoms with E-state index in [1.165, 1.54) is 12.3 Å². The van der Waals surface area contributed by atoms with E-state index in [0.717, 1.165) is 0 Å². The molecule has 0 aliphatic carbocycles. The van der Waals surface area contributed by atoms with Gasteiger partial charge in [-0.3, -0.25) is 0 Å². The molecular weight excluding hydrogens is 104 g/mol. The maximum Gasteiger partial charge on any atom is 0.139 e. The zero-order valence-electron chi connectivity index (χ0n) is 4.71. The van der Waals surface area contributed by atoms with Crippen LogP contribution < -0.4 is 0 Å². The van der Waals surface area contributed by atoms with Gasteiger partial charge in [-0.05, 0) is 6.08 Å². The summed E-state index contributed by atoms with van der Waals surface area (Å²) >= 11 is 0. The lowest BCUT2D eigenvalue weighted by atomic mass is 10.4. The molecule has 1 atom stereocenters. The maximum atomic E-state index is 8.41. The molecule has 1 N–H and O–H groups in total. The molecule has 46 valence electrons. The van der Waals surface area contributed by atoms with E-state index in [4.69, 9.17) is 9.84 Å². The summed E-state index contributed by atoms with van der Waals surface area (Å²) in [5.41, 5.74) is 0. The van der Waals surface area contributed by atoms with E-state index in [9.17, 15) is 0 Å². The molecule has 0 aliphatic rings. The van der Waals surface area contributed by atoms with Gasteiger partial charge in [0.05, 0.1) is 12.9 Å². The summed E-state index contributed by atoms with van der Waals surface area (Å²) in [6, 6.07) is 0. The Balaban J connectivity index is 3.35. The minimum atomic E-state index is -0.299. The number of aliphatic hydroxyl groups is 1. The lowest BCUT2D eigenvalue weighted by molar-refractivity contribution is 0.113. The van der Waals surface area contributed by atoms with E-state index in [0.29, 0.717) is 0 Å². The Labute approximate surface area is 49.1 Å². The second-order valence-corrected chi connectivity index (χ2v) is 1.26. The maximum absolute atomic E-state index is 8.41. The lowest BCUT2D eigenvalue weighted by Gasteiger charge is -2.05. The first-order chi connectivity index (χ1) is 3.85. The molecule has 0 fully saturated rings. The molecule has 0 aliphatic heterocycles. The van der Waals surface area contributed by atoms with Crippen LogP contribution in [0, 0.1) is 0 Å². The standard InChI is InChI=1S/C6H10O2/c1-3-6(5-7)8-4-2/h3-4,6-7H,1-2,5H2. The molecular formula is C6H10O2. The van der Waals surface area contributed by atoms with Crippen molar-refractivity contribution < 1.29 is 9.84 Å². The molecule has 0 rings (SSSR count). The number of hydrogen-bond acceptors (Lipinski definition) is 2. The van der Waals surface area contributed by atoms with E-state index in [2.05, 4.69) is 13.2 Å². The van der Waals surface area contributed by atoms with Crippen LogP contribution in [0.4, 0.5) is 0 Å². The Morgan fingerprint density at radius 2 is 2.25 bits per heavy atom. The van der Waals surface area contributed by atoms with Crippen molar-refractivity contribution in [2.45, 2.75) is 6.10 Å². The average Bonchev–Trinajstić information content (AvgIpc) is 1.83. The highest BCUT2D eigenvalue weighted by atomic mass is 16.5. The van der Waals surface area contributed by atoms with Crippen molar-refractivity contribution in [1.82, 2.24) is 0 Å². The molecule has 0 aromatic rings. The van der Waals surface area contributed by atoms with E-state index < -0.39 is 0 Å². The molecule has 0 saturated carbocycles. The smallest absolute Gasteiger partial charge is 0.139 e. The first kappa shape index (κ1) is 7.24. The first-order valence-corrected chi connectivity index (χ1v) is 2.35. The van der Waals surface area contributed by atoms with Gasteiger partial charge < -0.3 is 9.84 Å². The minimum absolute atomic E-state index is 0.0461. The first-order valence-electron chi connectivity index (χ1n) is 2.35. The second-order valence-electron chi connectivity index (χ2n) is 1.26. The predicted molar refractivity (Wildman–Crippen MR) is 32.4 cm³/mol. The van der Waals surface area contributed by atoms with Gasteiger partial charge in [-0.15, -0.1) is 0 Å². The normalized spacial score (nSPS) is 12.1. The molecule has 0 aromatic heterocycles. The van der Waals surface area contributed by atoms with Crippen molar-refractivity contribution in [3.8, 4) is 0 Å². The van der Waals surface area contributed by atoms with Crippen LogP contribution in [0.15, 0.2) is 25.5 Å². The highest BCUT2D eigenvalue weighted by molar-refractivity contribution is 4.80. The molecule has 2 heteroatoms. The van der Waals surface area contributed by atoms with Crippen LogP contribution in [0.25, 0.3) is 0 Å². The van der Waals surface area contributed by atoms with Crippen LogP contribution in [0.3, 0.4) is 0 Å². The Bertz CT molecular complexity index is 78.6. The van der Waals surface area contributed by atoms with E-state index in [-0.39, 0.29) is 12.7 Å². The summed E-state index contributed by atoms with van der Waals surface area (Å²) in [6.45, 7) is 6.69. The molecule has 0 bridgehead atoms. The highest BCUT2D eigenvalue weighted by Crippen LogP contribution is 1.89. The third kappa shape index (κ3) is 2.42. The molecule has 0 heterocycles. The molecule has 2 nitrogen and oxygen atoms in total. The Morgan fingerprint density at radius 3 is 2.38 bits per heavy atom. The Kier molecular flexibility index (Phi) is 3.98. The van der Waals surface area contributed by atoms with Gasteiger partial charge in [0.1, 0.15) is 6.10 Å². The molecule has 0 amide bonds. The van der Waals surface area contributed by atoms with Gasteiger partial charge in [0.25, 0.3) is 0 Å². The van der Waals surface area contributed by atoms with Crippen LogP contribution >= 0.6 is 0 Å². The highest BCUT2D eigenvalue weighted by Gasteiger charge is 1.95. The van der Waals surface area contributed by atoms with Gasteiger partial charge in [-0.25, -0.2) is 0 Å². The molecule has 8 heavy (non-hydrogen) atoms. The van der Waals surface area contributed by atoms with Crippen molar-refractivity contribution in [2.75, 3.05) is 6.61 Å². The van der Waals surface area contributed by atoms with Gasteiger partial charge in [0.2, 0.25) is 0 Å². The Hall–Kier alpha value is -0.760. The van der Waals surface area contributed by atoms with Crippen molar-refractivity contribution in [1.29, 1.82) is 0 Å². The summed E-state index contributed by atoms with van der Waals surface area (Å²) in [5, 5.41) is 8.41. The summed E-state index contributed by atoms with van der Waals surface area (Å²) in [5.74, 6) is 0. The molecule has 0 radical (unpaired) electrons. The topological polar surface area (TPSA) is 29.5 Å². The van der Waals surface area contributed by atoms with Crippen LogP contribution in [-0.2, 0) is 4.74 Å². The quantitative estimate of drug-likeness (QED) is 0.430. The molecule has 0 aromatic carbocycles. The summed E-state index contributed by atoms with van der Waals surface area (Å²) in [4.78, 5) is 0. The SMILES string of the molecule is C=COC(C=C)CO. The summed E-state index contributed by atoms with van der Waals surface area (Å²) in [6.07, 6.45) is 2.50. The zero-order valence-corrected chi connectivity index (χ0v) is 4.71. The van der Waals surface area contributed by atoms with Crippen LogP contribution in [0.1, 0.15) is 0 Å². The minimum Gasteiger partial charge on any atom is -0.492 e. The number of hydrogen-bond donors (Lipinski definition) is 1. The Morgan fingerprint density at radius 1 is 1.62 bits per heavy atom. The number of rotatable bonds is 4. The number of aliphatic hydroxyl groups excluding tert-OH is 1. The van der Waals surface area contributed by atoms with Crippen LogP contribution in [-0.4, -0.2) is 17.8 Å². The second kappa shape index (κ2) is 4.40. The third-order valence-electron chi connectivity index (χ3n) is 0.714. The zero-order chi connectivity index (χ0) is 6.41. The molecule has 1 unspecified atom stereocenters. The van der Waals surface area contributed by atoms with Crippen molar-refractivity contribution in [2.24, 2.45) is 0 Å². The average molecular weight is 114 g/mol. The third-order valence-corrected chi connectivity index (χ3v) is 0.714. The van der Waals surface area contributed by atoms with Crippen LogP contribution in [0.2, 0.25) is 0 Å². The summed E-state index contributed by atoms with van der Waals surface area (Å²) in [7, 11) is 0. The number of ether oxygens (including phenoxy) is 1. The van der Waals surface area contributed by atoms with E-state index in [1.54, 1.807) is 0 Å². The van der Waals surface area contributed by atoms with Crippen molar-refractivity contribution >= 4 is 0 Å². The van der Waals surface area contributed by atoms with Gasteiger partial charge in [0, 0.05) is 0 Å². The largest absolute Gasteiger partial charge is 0.492 e. The monoisotopic (exact) mass is 114 g/mol. The van der Waals surface area contributed by atoms with Gasteiger partial charge in [-0.1, -0.05) is 13.2 Å². The fraction of sp³-hybridized carbons (Fsp3) is 0.333. The fourth-order valence-corrected chi connectivity index (χ4v) is 0.297.